The van der Waals surface area contributed by atoms with E-state index in [9.17, 15) is 13.2 Å². The number of pyridine rings is 1. The normalized spacial score (nSPS) is 13.7. The van der Waals surface area contributed by atoms with E-state index >= 15 is 0 Å². The minimum atomic E-state index is -4.64. The van der Waals surface area contributed by atoms with Gasteiger partial charge in [-0.2, -0.15) is 18.2 Å². The first-order chi connectivity index (χ1) is 11.6. The SMILES string of the molecule is CC1=C(CCN=C(N)N=C(N)N)c2cccnc2C1.O=CC(F)(F)F. The number of hydrogen-bond donors (Lipinski definition) is 3. The summed E-state index contributed by atoms with van der Waals surface area (Å²) in [4.78, 5) is 20.9. The van der Waals surface area contributed by atoms with Gasteiger partial charge in [0.1, 0.15) is 0 Å². The predicted molar refractivity (Wildman–Crippen MR) is 89.6 cm³/mol. The van der Waals surface area contributed by atoms with Gasteiger partial charge in [-0.05, 0) is 30.5 Å². The molecule has 10 heteroatoms. The summed E-state index contributed by atoms with van der Waals surface area (Å²) in [5.41, 5.74) is 21.0. The number of aromatic nitrogens is 1. The maximum absolute atomic E-state index is 10.4. The lowest BCUT2D eigenvalue weighted by Gasteiger charge is -2.04. The molecule has 1 aliphatic rings. The van der Waals surface area contributed by atoms with E-state index in [2.05, 4.69) is 28.0 Å². The third-order valence-corrected chi connectivity index (χ3v) is 3.18. The Balaban J connectivity index is 0.000000450. The highest BCUT2D eigenvalue weighted by molar-refractivity contribution is 5.92. The zero-order chi connectivity index (χ0) is 19.0. The van der Waals surface area contributed by atoms with Crippen molar-refractivity contribution < 1.29 is 18.0 Å². The summed E-state index contributed by atoms with van der Waals surface area (Å²) in [5, 5.41) is 0. The van der Waals surface area contributed by atoms with Gasteiger partial charge >= 0.3 is 6.18 Å². The van der Waals surface area contributed by atoms with Crippen LogP contribution in [0.4, 0.5) is 13.2 Å². The Labute approximate surface area is 142 Å². The number of nitrogens with two attached hydrogens (primary N) is 3. The van der Waals surface area contributed by atoms with Crippen LogP contribution in [-0.2, 0) is 11.2 Å². The smallest absolute Gasteiger partial charge is 0.370 e. The molecule has 0 unspecified atom stereocenters. The predicted octanol–water partition coefficient (Wildman–Crippen LogP) is 1.14. The van der Waals surface area contributed by atoms with Crippen molar-refractivity contribution in [3.05, 3.63) is 35.2 Å². The second-order valence-electron chi connectivity index (χ2n) is 5.12. The van der Waals surface area contributed by atoms with Crippen molar-refractivity contribution in [3.8, 4) is 0 Å². The summed E-state index contributed by atoms with van der Waals surface area (Å²) in [5.74, 6) is 0.0368. The first-order valence-electron chi connectivity index (χ1n) is 7.19. The van der Waals surface area contributed by atoms with Crippen molar-refractivity contribution in [2.24, 2.45) is 27.2 Å². The number of nitrogens with zero attached hydrogens (tertiary/aromatic N) is 3. The molecule has 0 aliphatic heterocycles. The number of aliphatic imine (C=N–C) groups is 2. The zero-order valence-corrected chi connectivity index (χ0v) is 13.5. The molecule has 1 heterocycles. The molecule has 0 aromatic carbocycles. The summed E-state index contributed by atoms with van der Waals surface area (Å²) >= 11 is 0. The fraction of sp³-hybridized carbons (Fsp3) is 0.333. The number of carbonyl (C=O) groups is 1. The van der Waals surface area contributed by atoms with Crippen molar-refractivity contribution in [2.45, 2.75) is 25.9 Å². The topological polar surface area (TPSA) is 133 Å². The highest BCUT2D eigenvalue weighted by Gasteiger charge is 2.24. The molecule has 6 N–H and O–H groups in total. The van der Waals surface area contributed by atoms with E-state index in [4.69, 9.17) is 22.0 Å². The van der Waals surface area contributed by atoms with E-state index in [0.29, 0.717) is 6.54 Å². The number of aldehydes is 1. The number of allylic oxidation sites excluding steroid dienone is 1. The number of carbonyl (C=O) groups excluding carboxylic acids is 1. The fourth-order valence-electron chi connectivity index (χ4n) is 2.24. The van der Waals surface area contributed by atoms with Gasteiger partial charge in [-0.15, -0.1) is 0 Å². The van der Waals surface area contributed by atoms with E-state index < -0.39 is 12.5 Å². The molecule has 1 aromatic heterocycles. The first kappa shape index (κ1) is 20.1. The zero-order valence-electron chi connectivity index (χ0n) is 13.5. The molecule has 0 bridgehead atoms. The van der Waals surface area contributed by atoms with E-state index in [0.717, 1.165) is 18.5 Å². The molecular weight excluding hydrogens is 337 g/mol. The molecule has 0 fully saturated rings. The minimum absolute atomic E-state index is 0.0768. The summed E-state index contributed by atoms with van der Waals surface area (Å²) in [6.07, 6.45) is -2.15. The third kappa shape index (κ3) is 7.02. The number of hydrogen-bond acceptors (Lipinski definition) is 3. The monoisotopic (exact) mass is 356 g/mol. The largest absolute Gasteiger partial charge is 0.446 e. The lowest BCUT2D eigenvalue weighted by atomic mass is 10.0. The molecule has 0 amide bonds. The van der Waals surface area contributed by atoms with E-state index in [1.54, 1.807) is 0 Å². The Kier molecular flexibility index (Phi) is 7.09. The molecule has 7 nitrogen and oxygen atoms in total. The second-order valence-corrected chi connectivity index (χ2v) is 5.12. The number of rotatable bonds is 3. The van der Waals surface area contributed by atoms with E-state index in [1.165, 1.54) is 16.7 Å². The van der Waals surface area contributed by atoms with Gasteiger partial charge < -0.3 is 17.2 Å². The maximum Gasteiger partial charge on any atom is 0.446 e. The standard InChI is InChI=1S/C13H18N6.C2HF3O/c1-8-7-11-10(3-2-5-17-11)9(8)4-6-18-13(16)19-12(14)15;3-2(4,5)1-6/h2-3,5H,4,6-7H2,1H3,(H6,14,15,16,18,19);1H. The van der Waals surface area contributed by atoms with Crippen molar-refractivity contribution >= 4 is 23.8 Å². The molecule has 0 radical (unpaired) electrons. The highest BCUT2D eigenvalue weighted by Crippen LogP contribution is 2.33. The van der Waals surface area contributed by atoms with E-state index in [-0.39, 0.29) is 11.9 Å². The lowest BCUT2D eigenvalue weighted by molar-refractivity contribution is -0.156. The van der Waals surface area contributed by atoms with Crippen LogP contribution >= 0.6 is 0 Å². The van der Waals surface area contributed by atoms with Crippen LogP contribution < -0.4 is 17.2 Å². The first-order valence-corrected chi connectivity index (χ1v) is 7.19. The van der Waals surface area contributed by atoms with Gasteiger partial charge in [-0.1, -0.05) is 11.6 Å². The molecular formula is C15H19F3N6O. The summed E-state index contributed by atoms with van der Waals surface area (Å²) in [7, 11) is 0. The van der Waals surface area contributed by atoms with Gasteiger partial charge in [0.25, 0.3) is 0 Å². The summed E-state index contributed by atoms with van der Waals surface area (Å²) in [6.45, 7) is 2.68. The van der Waals surface area contributed by atoms with Crippen molar-refractivity contribution in [1.29, 1.82) is 0 Å². The molecule has 0 saturated carbocycles. The molecule has 1 aliphatic carbocycles. The van der Waals surface area contributed by atoms with Gasteiger partial charge in [0.15, 0.2) is 5.96 Å². The fourth-order valence-corrected chi connectivity index (χ4v) is 2.24. The Morgan fingerprint density at radius 1 is 1.36 bits per heavy atom. The van der Waals surface area contributed by atoms with Crippen LogP contribution in [0.3, 0.4) is 0 Å². The van der Waals surface area contributed by atoms with Crippen molar-refractivity contribution in [1.82, 2.24) is 4.98 Å². The number of fused-ring (bicyclic) bond motifs is 1. The van der Waals surface area contributed by atoms with Crippen LogP contribution in [0.5, 0.6) is 0 Å². The van der Waals surface area contributed by atoms with Gasteiger partial charge in [-0.25, -0.2) is 0 Å². The molecule has 1 aromatic rings. The van der Waals surface area contributed by atoms with Crippen LogP contribution in [0.25, 0.3) is 5.57 Å². The van der Waals surface area contributed by atoms with Crippen LogP contribution in [0.1, 0.15) is 24.6 Å². The quantitative estimate of drug-likeness (QED) is 0.424. The Morgan fingerprint density at radius 3 is 2.56 bits per heavy atom. The van der Waals surface area contributed by atoms with Crippen molar-refractivity contribution in [2.75, 3.05) is 6.54 Å². The van der Waals surface area contributed by atoms with E-state index in [1.807, 2.05) is 12.3 Å². The molecule has 0 atom stereocenters. The van der Waals surface area contributed by atoms with Crippen molar-refractivity contribution in [3.63, 3.8) is 0 Å². The van der Waals surface area contributed by atoms with Crippen LogP contribution in [0.2, 0.25) is 0 Å². The second kappa shape index (κ2) is 8.81. The summed E-state index contributed by atoms with van der Waals surface area (Å²) < 4.78 is 31.2. The average molecular weight is 356 g/mol. The van der Waals surface area contributed by atoms with Gasteiger partial charge in [0.05, 0.1) is 5.69 Å². The summed E-state index contributed by atoms with van der Waals surface area (Å²) in [6, 6.07) is 4.05. The molecule has 2 rings (SSSR count). The molecule has 136 valence electrons. The average Bonchev–Trinajstić information content (AvgIpc) is 2.82. The number of halogens is 3. The number of guanidine groups is 2. The highest BCUT2D eigenvalue weighted by atomic mass is 19.4. The number of alkyl halides is 3. The Morgan fingerprint density at radius 2 is 2.00 bits per heavy atom. The molecule has 0 spiro atoms. The van der Waals surface area contributed by atoms with Crippen LogP contribution in [-0.4, -0.2) is 35.9 Å². The van der Waals surface area contributed by atoms with Crippen LogP contribution in [0, 0.1) is 0 Å². The molecule has 25 heavy (non-hydrogen) atoms. The molecule has 0 saturated heterocycles. The Hall–Kier alpha value is -2.91. The third-order valence-electron chi connectivity index (χ3n) is 3.18. The Bertz CT molecular complexity index is 705. The maximum atomic E-state index is 10.4. The van der Waals surface area contributed by atoms with Gasteiger partial charge in [-0.3, -0.25) is 14.8 Å². The van der Waals surface area contributed by atoms with Crippen LogP contribution in [0.15, 0.2) is 33.9 Å². The minimum Gasteiger partial charge on any atom is -0.370 e. The lowest BCUT2D eigenvalue weighted by Crippen LogP contribution is -2.26. The van der Waals surface area contributed by atoms with Gasteiger partial charge in [0, 0.05) is 19.2 Å². The van der Waals surface area contributed by atoms with Gasteiger partial charge in [0.2, 0.25) is 12.2 Å².